The molecule has 0 saturated carbocycles. The first-order valence-corrected chi connectivity index (χ1v) is 6.43. The highest BCUT2D eigenvalue weighted by atomic mass is 79.9. The van der Waals surface area contributed by atoms with Gasteiger partial charge in [0, 0.05) is 10.5 Å². The summed E-state index contributed by atoms with van der Waals surface area (Å²) in [6, 6.07) is 3.99. The van der Waals surface area contributed by atoms with E-state index < -0.39 is 0 Å². The van der Waals surface area contributed by atoms with Gasteiger partial charge in [-0.3, -0.25) is 4.79 Å². The predicted molar refractivity (Wildman–Crippen MR) is 67.9 cm³/mol. The first kappa shape index (κ1) is 12.5. The third-order valence-electron chi connectivity index (χ3n) is 1.92. The minimum absolute atomic E-state index is 0.0152. The van der Waals surface area contributed by atoms with E-state index in [1.165, 1.54) is 0 Å². The van der Waals surface area contributed by atoms with Gasteiger partial charge in [-0.1, -0.05) is 13.0 Å². The number of carbonyl (C=O) groups excluding carboxylic acids is 1. The second-order valence-corrected chi connectivity index (χ2v) is 5.73. The lowest BCUT2D eigenvalue weighted by Gasteiger charge is -2.03. The summed E-state index contributed by atoms with van der Waals surface area (Å²) in [5.74, 6) is 0.0152. The van der Waals surface area contributed by atoms with E-state index in [0.717, 1.165) is 20.7 Å². The van der Waals surface area contributed by atoms with Crippen LogP contribution in [0.15, 0.2) is 27.6 Å². The molecule has 0 radical (unpaired) electrons. The maximum Gasteiger partial charge on any atom is 0.246 e. The molecule has 0 fully saturated rings. The summed E-state index contributed by atoms with van der Waals surface area (Å²) < 4.78 is 1.09. The normalized spacial score (nSPS) is 11.5. The Morgan fingerprint density at radius 2 is 2.33 bits per heavy atom. The number of carbonyl (C=O) groups is 1. The van der Waals surface area contributed by atoms with Gasteiger partial charge in [-0.25, -0.2) is 0 Å². The van der Waals surface area contributed by atoms with Gasteiger partial charge in [-0.05, 0) is 41.4 Å². The number of allylic oxidation sites excluding steroid dienone is 1. The van der Waals surface area contributed by atoms with E-state index in [2.05, 4.69) is 21.2 Å². The van der Waals surface area contributed by atoms with E-state index in [1.807, 2.05) is 32.1 Å². The van der Waals surface area contributed by atoms with E-state index in [0.29, 0.717) is 6.54 Å². The second-order valence-electron chi connectivity index (χ2n) is 3.18. The van der Waals surface area contributed by atoms with Crippen molar-refractivity contribution in [2.75, 3.05) is 0 Å². The van der Waals surface area contributed by atoms with Gasteiger partial charge in [0.2, 0.25) is 5.91 Å². The number of hydrogen-bond donors (Lipinski definition) is 1. The monoisotopic (exact) mass is 287 g/mol. The molecule has 1 N–H and O–H groups in total. The Morgan fingerprint density at radius 3 is 2.87 bits per heavy atom. The summed E-state index contributed by atoms with van der Waals surface area (Å²) in [4.78, 5) is 12.7. The average molecular weight is 288 g/mol. The quantitative estimate of drug-likeness (QED) is 0.844. The fourth-order valence-corrected chi connectivity index (χ4v) is 2.58. The molecule has 0 aliphatic carbocycles. The highest BCUT2D eigenvalue weighted by Gasteiger charge is 2.03. The average Bonchev–Trinajstić information content (AvgIpc) is 2.61. The van der Waals surface area contributed by atoms with Crippen molar-refractivity contribution in [3.05, 3.63) is 32.4 Å². The van der Waals surface area contributed by atoms with Crippen molar-refractivity contribution < 1.29 is 4.79 Å². The van der Waals surface area contributed by atoms with Crippen LogP contribution in [0.2, 0.25) is 0 Å². The van der Waals surface area contributed by atoms with Gasteiger partial charge in [-0.2, -0.15) is 0 Å². The maximum atomic E-state index is 11.5. The molecule has 1 rings (SSSR count). The Morgan fingerprint density at radius 1 is 1.60 bits per heavy atom. The van der Waals surface area contributed by atoms with Gasteiger partial charge in [0.05, 0.1) is 10.3 Å². The molecular formula is C11H14BrNOS. The van der Waals surface area contributed by atoms with Gasteiger partial charge in [-0.15, -0.1) is 11.3 Å². The van der Waals surface area contributed by atoms with Crippen LogP contribution in [0.5, 0.6) is 0 Å². The molecule has 0 aromatic carbocycles. The van der Waals surface area contributed by atoms with E-state index in [1.54, 1.807) is 11.3 Å². The molecule has 0 saturated heterocycles. The Kier molecular flexibility index (Phi) is 5.05. The maximum absolute atomic E-state index is 11.5. The lowest BCUT2D eigenvalue weighted by molar-refractivity contribution is -0.117. The second kappa shape index (κ2) is 6.08. The number of nitrogens with one attached hydrogen (secondary N) is 1. The first-order valence-electron chi connectivity index (χ1n) is 4.82. The molecule has 1 aromatic heterocycles. The van der Waals surface area contributed by atoms with E-state index in [-0.39, 0.29) is 5.91 Å². The Labute approximate surface area is 103 Å². The van der Waals surface area contributed by atoms with E-state index >= 15 is 0 Å². The molecule has 2 nitrogen and oxygen atoms in total. The predicted octanol–water partition coefficient (Wildman–Crippen LogP) is 3.48. The molecule has 1 aromatic rings. The topological polar surface area (TPSA) is 29.1 Å². The molecule has 82 valence electrons. The summed E-state index contributed by atoms with van der Waals surface area (Å²) >= 11 is 5.02. The number of amides is 1. The zero-order chi connectivity index (χ0) is 11.3. The zero-order valence-electron chi connectivity index (χ0n) is 8.84. The molecule has 0 aliphatic rings. The van der Waals surface area contributed by atoms with Crippen LogP contribution in [-0.2, 0) is 11.3 Å². The fourth-order valence-electron chi connectivity index (χ4n) is 1.15. The van der Waals surface area contributed by atoms with Crippen molar-refractivity contribution >= 4 is 33.2 Å². The standard InChI is InChI=1S/C11H14BrNOS/c1-3-4-8(2)11(14)13-7-9-5-6-10(12)15-9/h4-6H,3,7H2,1-2H3,(H,13,14). The number of rotatable bonds is 4. The van der Waals surface area contributed by atoms with Crippen LogP contribution in [0.4, 0.5) is 0 Å². The lowest BCUT2D eigenvalue weighted by Crippen LogP contribution is -2.22. The summed E-state index contributed by atoms with van der Waals surface area (Å²) in [7, 11) is 0. The Hall–Kier alpha value is -0.610. The van der Waals surface area contributed by atoms with Crippen molar-refractivity contribution in [3.63, 3.8) is 0 Å². The van der Waals surface area contributed by atoms with Crippen molar-refractivity contribution in [1.29, 1.82) is 0 Å². The van der Waals surface area contributed by atoms with Gasteiger partial charge < -0.3 is 5.32 Å². The largest absolute Gasteiger partial charge is 0.347 e. The minimum atomic E-state index is 0.0152. The molecule has 0 unspecified atom stereocenters. The zero-order valence-corrected chi connectivity index (χ0v) is 11.2. The molecule has 1 heterocycles. The highest BCUT2D eigenvalue weighted by Crippen LogP contribution is 2.21. The first-order chi connectivity index (χ1) is 7.13. The van der Waals surface area contributed by atoms with Crippen LogP contribution in [0.25, 0.3) is 0 Å². The lowest BCUT2D eigenvalue weighted by atomic mass is 10.2. The minimum Gasteiger partial charge on any atom is -0.347 e. The molecule has 0 atom stereocenters. The molecule has 0 spiro atoms. The Balaban J connectivity index is 2.44. The van der Waals surface area contributed by atoms with Gasteiger partial charge in [0.25, 0.3) is 0 Å². The van der Waals surface area contributed by atoms with Crippen LogP contribution in [0.1, 0.15) is 25.1 Å². The van der Waals surface area contributed by atoms with E-state index in [4.69, 9.17) is 0 Å². The van der Waals surface area contributed by atoms with Crippen molar-refractivity contribution in [1.82, 2.24) is 5.32 Å². The SMILES string of the molecule is CCC=C(C)C(=O)NCc1ccc(Br)s1. The number of halogens is 1. The van der Waals surface area contributed by atoms with Crippen LogP contribution in [0.3, 0.4) is 0 Å². The van der Waals surface area contributed by atoms with Crippen molar-refractivity contribution in [2.45, 2.75) is 26.8 Å². The molecule has 0 bridgehead atoms. The molecule has 15 heavy (non-hydrogen) atoms. The molecule has 0 aliphatic heterocycles. The summed E-state index contributed by atoms with van der Waals surface area (Å²) in [5.41, 5.74) is 0.785. The summed E-state index contributed by atoms with van der Waals surface area (Å²) in [6.45, 7) is 4.46. The fraction of sp³-hybridized carbons (Fsp3) is 0.364. The van der Waals surface area contributed by atoms with Crippen LogP contribution < -0.4 is 5.32 Å². The third kappa shape index (κ3) is 4.18. The van der Waals surface area contributed by atoms with Gasteiger partial charge in [0.15, 0.2) is 0 Å². The molecule has 4 heteroatoms. The van der Waals surface area contributed by atoms with Crippen LogP contribution in [-0.4, -0.2) is 5.91 Å². The van der Waals surface area contributed by atoms with Crippen molar-refractivity contribution in [3.8, 4) is 0 Å². The summed E-state index contributed by atoms with van der Waals surface area (Å²) in [6.07, 6.45) is 2.82. The highest BCUT2D eigenvalue weighted by molar-refractivity contribution is 9.11. The third-order valence-corrected chi connectivity index (χ3v) is 3.54. The Bertz CT molecular complexity index is 370. The number of thiophene rings is 1. The molecule has 1 amide bonds. The van der Waals surface area contributed by atoms with Gasteiger partial charge >= 0.3 is 0 Å². The summed E-state index contributed by atoms with van der Waals surface area (Å²) in [5, 5.41) is 2.88. The van der Waals surface area contributed by atoms with Crippen LogP contribution >= 0.6 is 27.3 Å². The van der Waals surface area contributed by atoms with Crippen molar-refractivity contribution in [2.24, 2.45) is 0 Å². The van der Waals surface area contributed by atoms with Gasteiger partial charge in [0.1, 0.15) is 0 Å². The van der Waals surface area contributed by atoms with Crippen LogP contribution in [0, 0.1) is 0 Å². The number of hydrogen-bond acceptors (Lipinski definition) is 2. The molecular weight excluding hydrogens is 274 g/mol. The smallest absolute Gasteiger partial charge is 0.246 e. The van der Waals surface area contributed by atoms with E-state index in [9.17, 15) is 4.79 Å².